The van der Waals surface area contributed by atoms with Crippen LogP contribution in [0.5, 0.6) is 0 Å². The molecule has 0 saturated carbocycles. The first-order chi connectivity index (χ1) is 18.3. The summed E-state index contributed by atoms with van der Waals surface area (Å²) in [4.78, 5) is 0. The van der Waals surface area contributed by atoms with Crippen LogP contribution in [0.15, 0.2) is 115 Å². The van der Waals surface area contributed by atoms with Crippen molar-refractivity contribution in [1.82, 2.24) is 0 Å². The van der Waals surface area contributed by atoms with Crippen molar-refractivity contribution in [1.29, 1.82) is 0 Å². The molecule has 0 atom stereocenters. The maximum absolute atomic E-state index is 2.49. The quantitative estimate of drug-likeness (QED) is 0.211. The van der Waals surface area contributed by atoms with E-state index >= 15 is 0 Å². The van der Waals surface area contributed by atoms with Gasteiger partial charge in [0.15, 0.2) is 0 Å². The highest BCUT2D eigenvalue weighted by Crippen LogP contribution is 2.51. The molecule has 170 valence electrons. The van der Waals surface area contributed by atoms with Gasteiger partial charge in [-0.25, -0.2) is 0 Å². The van der Waals surface area contributed by atoms with Gasteiger partial charge in [0.25, 0.3) is 0 Å². The van der Waals surface area contributed by atoms with Gasteiger partial charge in [-0.3, -0.25) is 0 Å². The summed E-state index contributed by atoms with van der Waals surface area (Å²) >= 11 is 0. The molecule has 0 unspecified atom stereocenters. The Morgan fingerprint density at radius 2 is 0.919 bits per heavy atom. The lowest BCUT2D eigenvalue weighted by Crippen LogP contribution is -1.90. The first-order valence-electron chi connectivity index (χ1n) is 13.0. The highest BCUT2D eigenvalue weighted by molar-refractivity contribution is 6.41. The summed E-state index contributed by atoms with van der Waals surface area (Å²) in [5.74, 6) is 0. The molecular weight excluding hydrogens is 444 g/mol. The Labute approximate surface area is 214 Å². The third kappa shape index (κ3) is 2.29. The molecule has 0 heteroatoms. The molecule has 0 aliphatic heterocycles. The van der Waals surface area contributed by atoms with Crippen molar-refractivity contribution in [3.8, 4) is 11.1 Å². The normalized spacial score (nSPS) is 12.5. The van der Waals surface area contributed by atoms with Gasteiger partial charge in [0.05, 0.1) is 0 Å². The Balaban J connectivity index is 1.68. The Morgan fingerprint density at radius 3 is 1.68 bits per heavy atom. The second-order valence-electron chi connectivity index (χ2n) is 10.4. The van der Waals surface area contributed by atoms with Gasteiger partial charge in [0, 0.05) is 0 Å². The molecule has 9 aromatic carbocycles. The second-order valence-corrected chi connectivity index (χ2v) is 10.4. The van der Waals surface area contributed by atoms with E-state index in [0.29, 0.717) is 0 Å². The summed E-state index contributed by atoms with van der Waals surface area (Å²) in [7, 11) is 0. The summed E-state index contributed by atoms with van der Waals surface area (Å²) in [5.41, 5.74) is 4.02. The van der Waals surface area contributed by atoms with Crippen LogP contribution in [0.25, 0.3) is 86.5 Å². The minimum Gasteiger partial charge on any atom is -0.0622 e. The number of benzene rings is 7. The number of aryl methyl sites for hydroxylation is 1. The largest absolute Gasteiger partial charge is 0.0622 e. The van der Waals surface area contributed by atoms with E-state index in [2.05, 4.69) is 122 Å². The van der Waals surface area contributed by atoms with Crippen LogP contribution < -0.4 is 0 Å². The molecule has 0 aliphatic rings. The number of hydrogen-bond donors (Lipinski definition) is 0. The van der Waals surface area contributed by atoms with E-state index in [4.69, 9.17) is 0 Å². The van der Waals surface area contributed by atoms with E-state index in [1.54, 1.807) is 0 Å². The van der Waals surface area contributed by atoms with Crippen molar-refractivity contribution < 1.29 is 0 Å². The average molecular weight is 467 g/mol. The molecule has 0 N–H and O–H groups in total. The van der Waals surface area contributed by atoms with Crippen LogP contribution in [-0.4, -0.2) is 0 Å². The van der Waals surface area contributed by atoms with Gasteiger partial charge in [0.1, 0.15) is 0 Å². The molecule has 0 heterocycles. The number of fused-ring (bicyclic) bond motifs is 8. The van der Waals surface area contributed by atoms with Crippen LogP contribution in [0.1, 0.15) is 5.56 Å². The second kappa shape index (κ2) is 6.75. The van der Waals surface area contributed by atoms with E-state index in [1.807, 2.05) is 0 Å². The van der Waals surface area contributed by atoms with Gasteiger partial charge in [-0.1, -0.05) is 109 Å². The molecule has 0 aliphatic carbocycles. The Morgan fingerprint density at radius 1 is 0.351 bits per heavy atom. The van der Waals surface area contributed by atoms with E-state index in [0.717, 1.165) is 0 Å². The molecule has 0 saturated heterocycles. The Hall–Kier alpha value is -4.68. The van der Waals surface area contributed by atoms with E-state index < -0.39 is 0 Å². The van der Waals surface area contributed by atoms with Crippen molar-refractivity contribution in [2.75, 3.05) is 0 Å². The summed E-state index contributed by atoms with van der Waals surface area (Å²) in [6, 6.07) is 42.9. The van der Waals surface area contributed by atoms with Gasteiger partial charge in [0.2, 0.25) is 0 Å². The average Bonchev–Trinajstić information content (AvgIpc) is 3.46. The predicted molar refractivity (Wildman–Crippen MR) is 162 cm³/mol. The number of rotatable bonds is 1. The maximum Gasteiger partial charge on any atom is -0.00110 e. The van der Waals surface area contributed by atoms with Crippen molar-refractivity contribution in [3.63, 3.8) is 0 Å². The minimum atomic E-state index is 1.28. The molecule has 0 amide bonds. The minimum absolute atomic E-state index is 1.28. The van der Waals surface area contributed by atoms with Gasteiger partial charge in [-0.15, -0.1) is 0 Å². The first-order valence-corrected chi connectivity index (χ1v) is 13.0. The van der Waals surface area contributed by atoms with Gasteiger partial charge in [-0.05, 0) is 105 Å². The molecule has 0 aromatic heterocycles. The molecule has 0 fully saturated rings. The highest BCUT2D eigenvalue weighted by atomic mass is 14.3. The van der Waals surface area contributed by atoms with E-state index in [9.17, 15) is 0 Å². The lowest BCUT2D eigenvalue weighted by Gasteiger charge is -2.16. The molecular formula is C37H22. The summed E-state index contributed by atoms with van der Waals surface area (Å²) < 4.78 is 0. The smallest absolute Gasteiger partial charge is 0.00110 e. The Bertz CT molecular complexity index is 2330. The topological polar surface area (TPSA) is 0 Å². The molecule has 0 spiro atoms. The summed E-state index contributed by atoms with van der Waals surface area (Å²) in [6.07, 6.45) is 0. The van der Waals surface area contributed by atoms with E-state index in [-0.39, 0.29) is 0 Å². The predicted octanol–water partition coefficient (Wildman–Crippen LogP) is 10.6. The van der Waals surface area contributed by atoms with Crippen LogP contribution in [0.2, 0.25) is 0 Å². The molecule has 9 rings (SSSR count). The number of hydrogen-bond acceptors (Lipinski definition) is 0. The third-order valence-electron chi connectivity index (χ3n) is 8.69. The van der Waals surface area contributed by atoms with Crippen molar-refractivity contribution in [2.45, 2.75) is 6.92 Å². The molecule has 0 bridgehead atoms. The van der Waals surface area contributed by atoms with Crippen LogP contribution >= 0.6 is 0 Å². The van der Waals surface area contributed by atoms with Crippen LogP contribution in [0.3, 0.4) is 0 Å². The van der Waals surface area contributed by atoms with E-state index in [1.165, 1.54) is 92.1 Å². The highest BCUT2D eigenvalue weighted by Gasteiger charge is 2.23. The lowest BCUT2D eigenvalue weighted by molar-refractivity contribution is 1.62. The lowest BCUT2D eigenvalue weighted by atomic mass is 9.86. The zero-order valence-electron chi connectivity index (χ0n) is 20.5. The SMILES string of the molecule is Cc1c2c(cc3c4ccccc4c4cccc2c43)c(-c2ccccc2)c2c3cccc4cccc(c12)c43. The van der Waals surface area contributed by atoms with Gasteiger partial charge < -0.3 is 0 Å². The standard InChI is InChI=1S/C37H22/c1-21-32-27-19-9-16-26-24-14-5-6-15-25(24)30(36(26)27)20-31(32)35(23-10-3-2-4-11-23)37-29-18-8-13-22-12-7-17-28(33(21)37)34(22)29/h2-20H,1H3. The Kier molecular flexibility index (Phi) is 3.56. The molecule has 37 heavy (non-hydrogen) atoms. The van der Waals surface area contributed by atoms with Crippen LogP contribution in [-0.2, 0) is 0 Å². The zero-order valence-corrected chi connectivity index (χ0v) is 20.5. The fraction of sp³-hybridized carbons (Fsp3) is 0.0270. The fourth-order valence-corrected chi connectivity index (χ4v) is 7.32. The molecule has 9 aromatic rings. The van der Waals surface area contributed by atoms with Crippen LogP contribution in [0, 0.1) is 6.92 Å². The van der Waals surface area contributed by atoms with Gasteiger partial charge in [-0.2, -0.15) is 0 Å². The van der Waals surface area contributed by atoms with Crippen LogP contribution in [0.4, 0.5) is 0 Å². The first kappa shape index (κ1) is 19.5. The van der Waals surface area contributed by atoms with Gasteiger partial charge >= 0.3 is 0 Å². The molecule has 0 nitrogen and oxygen atoms in total. The van der Waals surface area contributed by atoms with Crippen molar-refractivity contribution in [2.24, 2.45) is 0 Å². The monoisotopic (exact) mass is 466 g/mol. The summed E-state index contributed by atoms with van der Waals surface area (Å²) in [6.45, 7) is 2.34. The molecule has 0 radical (unpaired) electrons. The zero-order chi connectivity index (χ0) is 24.2. The fourth-order valence-electron chi connectivity index (χ4n) is 7.32. The maximum atomic E-state index is 2.49. The van der Waals surface area contributed by atoms with Crippen molar-refractivity contribution >= 4 is 75.4 Å². The van der Waals surface area contributed by atoms with Crippen molar-refractivity contribution in [3.05, 3.63) is 121 Å². The summed E-state index contributed by atoms with van der Waals surface area (Å²) in [5, 5.41) is 19.1. The third-order valence-corrected chi connectivity index (χ3v) is 8.69.